The quantitative estimate of drug-likeness (QED) is 0.500. The Hall–Kier alpha value is -3.24. The molecule has 0 bridgehead atoms. The van der Waals surface area contributed by atoms with Crippen molar-refractivity contribution in [1.29, 1.82) is 0 Å². The van der Waals surface area contributed by atoms with Gasteiger partial charge in [0.15, 0.2) is 16.3 Å². The number of hydrogen-bond donors (Lipinski definition) is 1. The van der Waals surface area contributed by atoms with Crippen LogP contribution in [0.1, 0.15) is 10.4 Å². The second-order valence-electron chi connectivity index (χ2n) is 6.22. The Morgan fingerprint density at radius 3 is 2.83 bits per heavy atom. The predicted octanol–water partition coefficient (Wildman–Crippen LogP) is 2.28. The van der Waals surface area contributed by atoms with E-state index in [0.29, 0.717) is 35.9 Å². The van der Waals surface area contributed by atoms with E-state index in [4.69, 9.17) is 31.2 Å². The van der Waals surface area contributed by atoms with Crippen LogP contribution in [0.3, 0.4) is 0 Å². The third kappa shape index (κ3) is 3.36. The summed E-state index contributed by atoms with van der Waals surface area (Å²) in [6.45, 7) is 0.836. The van der Waals surface area contributed by atoms with Crippen molar-refractivity contribution in [2.45, 2.75) is 6.54 Å². The van der Waals surface area contributed by atoms with Crippen LogP contribution in [0.25, 0.3) is 22.3 Å². The van der Waals surface area contributed by atoms with Crippen molar-refractivity contribution in [3.05, 3.63) is 45.0 Å². The molecule has 0 aliphatic carbocycles. The molecule has 29 heavy (non-hydrogen) atoms. The van der Waals surface area contributed by atoms with E-state index in [1.54, 1.807) is 29.9 Å². The predicted molar refractivity (Wildman–Crippen MR) is 106 cm³/mol. The molecule has 1 aliphatic rings. The van der Waals surface area contributed by atoms with E-state index in [1.807, 2.05) is 0 Å². The molecular weight excluding hydrogens is 398 g/mol. The summed E-state index contributed by atoms with van der Waals surface area (Å²) in [5.41, 5.74) is 0.996. The highest BCUT2D eigenvalue weighted by molar-refractivity contribution is 7.71. The second-order valence-corrected chi connectivity index (χ2v) is 6.60. The number of hydrogen-bond acceptors (Lipinski definition) is 8. The van der Waals surface area contributed by atoms with E-state index in [-0.39, 0.29) is 28.2 Å². The van der Waals surface area contributed by atoms with E-state index < -0.39 is 11.5 Å². The van der Waals surface area contributed by atoms with Crippen molar-refractivity contribution in [3.8, 4) is 22.8 Å². The fraction of sp³-hybridized carbons (Fsp3) is 0.263. The smallest absolute Gasteiger partial charge is 0.338 e. The lowest BCUT2D eigenvalue weighted by Crippen LogP contribution is -2.20. The van der Waals surface area contributed by atoms with Crippen LogP contribution in [0.5, 0.6) is 11.5 Å². The zero-order valence-electron chi connectivity index (χ0n) is 15.7. The number of carbonyl (C=O) groups is 1. The minimum Gasteiger partial charge on any atom is -0.465 e. The van der Waals surface area contributed by atoms with Gasteiger partial charge in [-0.25, -0.2) is 9.78 Å². The van der Waals surface area contributed by atoms with Crippen molar-refractivity contribution in [2.75, 3.05) is 27.6 Å². The van der Waals surface area contributed by atoms with Gasteiger partial charge < -0.3 is 23.5 Å². The van der Waals surface area contributed by atoms with Crippen LogP contribution in [0, 0.1) is 4.77 Å². The van der Waals surface area contributed by atoms with E-state index in [0.717, 1.165) is 0 Å². The molecule has 1 aliphatic heterocycles. The number of nitrogens with zero attached hydrogens (tertiary/aromatic N) is 2. The number of nitrogens with one attached hydrogen (secondary N) is 1. The second kappa shape index (κ2) is 7.64. The maximum Gasteiger partial charge on any atom is 0.338 e. The lowest BCUT2D eigenvalue weighted by Gasteiger charge is -2.14. The summed E-state index contributed by atoms with van der Waals surface area (Å²) in [4.78, 5) is 32.3. The summed E-state index contributed by atoms with van der Waals surface area (Å²) in [6.07, 6.45) is 0. The summed E-state index contributed by atoms with van der Waals surface area (Å²) in [6, 6.07) is 6.84. The van der Waals surface area contributed by atoms with E-state index in [9.17, 15) is 9.59 Å². The van der Waals surface area contributed by atoms with E-state index in [1.165, 1.54) is 13.2 Å². The highest BCUT2D eigenvalue weighted by Gasteiger charge is 2.21. The molecule has 9 nitrogen and oxygen atoms in total. The molecule has 0 radical (unpaired) electrons. The third-order valence-electron chi connectivity index (χ3n) is 4.54. The minimum absolute atomic E-state index is 0.0904. The number of esters is 1. The molecular formula is C19H17N3O6S. The first-order valence-corrected chi connectivity index (χ1v) is 9.09. The zero-order chi connectivity index (χ0) is 20.5. The largest absolute Gasteiger partial charge is 0.465 e. The van der Waals surface area contributed by atoms with E-state index >= 15 is 0 Å². The number of aromatic amines is 1. The maximum absolute atomic E-state index is 12.6. The number of rotatable bonds is 5. The molecule has 1 aromatic carbocycles. The van der Waals surface area contributed by atoms with Gasteiger partial charge in [0, 0.05) is 12.7 Å². The van der Waals surface area contributed by atoms with Gasteiger partial charge in [-0.05, 0) is 36.5 Å². The molecule has 0 amide bonds. The number of pyridine rings is 1. The van der Waals surface area contributed by atoms with Gasteiger partial charge in [0.2, 0.25) is 6.79 Å². The van der Waals surface area contributed by atoms with Crippen molar-refractivity contribution in [1.82, 2.24) is 14.5 Å². The van der Waals surface area contributed by atoms with Crippen LogP contribution in [-0.4, -0.2) is 48.1 Å². The molecule has 3 aromatic rings. The fourth-order valence-electron chi connectivity index (χ4n) is 3.14. The molecule has 0 saturated carbocycles. The van der Waals surface area contributed by atoms with Crippen molar-refractivity contribution < 1.29 is 23.7 Å². The van der Waals surface area contributed by atoms with Crippen LogP contribution in [-0.2, 0) is 16.0 Å². The summed E-state index contributed by atoms with van der Waals surface area (Å²) in [7, 11) is 2.81. The van der Waals surface area contributed by atoms with Gasteiger partial charge in [0.1, 0.15) is 5.65 Å². The molecule has 10 heteroatoms. The fourth-order valence-corrected chi connectivity index (χ4v) is 3.41. The molecule has 0 saturated heterocycles. The number of carbonyl (C=O) groups excluding carboxylic acids is 1. The maximum atomic E-state index is 12.6. The average molecular weight is 415 g/mol. The first-order chi connectivity index (χ1) is 14.0. The first kappa shape index (κ1) is 19.1. The Kier molecular flexibility index (Phi) is 5.03. The number of benzene rings is 1. The van der Waals surface area contributed by atoms with Crippen LogP contribution >= 0.6 is 12.2 Å². The molecule has 2 aromatic heterocycles. The highest BCUT2D eigenvalue weighted by atomic mass is 32.1. The Morgan fingerprint density at radius 2 is 2.07 bits per heavy atom. The SMILES string of the molecule is COCCn1c(=S)[nH]c(=O)c2c(C(=O)OC)cc(-c3ccc4c(c3)OCO4)nc21. The molecule has 150 valence electrons. The normalized spacial score (nSPS) is 12.3. The summed E-state index contributed by atoms with van der Waals surface area (Å²) < 4.78 is 22.6. The lowest BCUT2D eigenvalue weighted by molar-refractivity contribution is 0.0603. The lowest BCUT2D eigenvalue weighted by atomic mass is 10.1. The Balaban J connectivity index is 2.02. The Labute approximate surface area is 169 Å². The number of aromatic nitrogens is 3. The van der Waals surface area contributed by atoms with Gasteiger partial charge in [0.05, 0.1) is 36.9 Å². The van der Waals surface area contributed by atoms with Crippen molar-refractivity contribution in [2.24, 2.45) is 0 Å². The molecule has 1 N–H and O–H groups in total. The van der Waals surface area contributed by atoms with Crippen molar-refractivity contribution >= 4 is 29.2 Å². The first-order valence-electron chi connectivity index (χ1n) is 8.68. The molecule has 0 fully saturated rings. The number of ether oxygens (including phenoxy) is 4. The van der Waals surface area contributed by atoms with Gasteiger partial charge in [-0.2, -0.15) is 0 Å². The third-order valence-corrected chi connectivity index (χ3v) is 4.86. The number of fused-ring (bicyclic) bond motifs is 2. The number of methoxy groups -OCH3 is 2. The van der Waals surface area contributed by atoms with Crippen LogP contribution in [0.15, 0.2) is 29.1 Å². The van der Waals surface area contributed by atoms with E-state index in [2.05, 4.69) is 9.97 Å². The van der Waals surface area contributed by atoms with Crippen LogP contribution < -0.4 is 15.0 Å². The highest BCUT2D eigenvalue weighted by Crippen LogP contribution is 2.36. The van der Waals surface area contributed by atoms with Crippen molar-refractivity contribution in [3.63, 3.8) is 0 Å². The summed E-state index contributed by atoms with van der Waals surface area (Å²) in [5, 5.41) is 0.103. The molecule has 0 spiro atoms. The molecule has 0 unspecified atom stereocenters. The Bertz CT molecular complexity index is 1230. The van der Waals surface area contributed by atoms with Gasteiger partial charge >= 0.3 is 5.97 Å². The monoisotopic (exact) mass is 415 g/mol. The average Bonchev–Trinajstić information content (AvgIpc) is 3.20. The topological polar surface area (TPSA) is 105 Å². The Morgan fingerprint density at radius 1 is 1.28 bits per heavy atom. The van der Waals surface area contributed by atoms with Crippen LogP contribution in [0.4, 0.5) is 0 Å². The van der Waals surface area contributed by atoms with Gasteiger partial charge in [-0.3, -0.25) is 9.78 Å². The zero-order valence-corrected chi connectivity index (χ0v) is 16.5. The molecule has 4 rings (SSSR count). The molecule has 3 heterocycles. The standard InChI is InChI=1S/C19H17N3O6S/c1-25-6-5-22-16-15(17(23)21-19(22)29)11(18(24)26-2)8-12(20-16)10-3-4-13-14(7-10)28-9-27-13/h3-4,7-8H,5-6,9H2,1-2H3,(H,21,23,29). The summed E-state index contributed by atoms with van der Waals surface area (Å²) in [5.74, 6) is 0.550. The molecule has 0 atom stereocenters. The minimum atomic E-state index is -0.652. The number of H-pyrrole nitrogens is 1. The van der Waals surface area contributed by atoms with Gasteiger partial charge in [0.25, 0.3) is 5.56 Å². The van der Waals surface area contributed by atoms with Gasteiger partial charge in [-0.1, -0.05) is 0 Å². The van der Waals surface area contributed by atoms with Gasteiger partial charge in [-0.15, -0.1) is 0 Å². The van der Waals surface area contributed by atoms with Crippen LogP contribution in [0.2, 0.25) is 0 Å². The summed E-state index contributed by atoms with van der Waals surface area (Å²) >= 11 is 5.30.